The lowest BCUT2D eigenvalue weighted by atomic mass is 9.85. The summed E-state index contributed by atoms with van der Waals surface area (Å²) >= 11 is 0. The standard InChI is InChI=1S/C10H14O2/c1-7(2)9-4-3-8(6-11)5-10(9)12/h5,9,11H,1,3-4,6H2,2H3/t9-/m1/s1. The molecule has 0 heterocycles. The van der Waals surface area contributed by atoms with Crippen LogP contribution in [0.5, 0.6) is 0 Å². The van der Waals surface area contributed by atoms with Crippen LogP contribution in [-0.4, -0.2) is 17.5 Å². The van der Waals surface area contributed by atoms with E-state index in [4.69, 9.17) is 5.11 Å². The van der Waals surface area contributed by atoms with Crippen LogP contribution in [0.3, 0.4) is 0 Å². The van der Waals surface area contributed by atoms with Gasteiger partial charge in [-0.05, 0) is 31.4 Å². The van der Waals surface area contributed by atoms with Crippen LogP contribution in [0.15, 0.2) is 23.8 Å². The second-order valence-electron chi connectivity index (χ2n) is 3.30. The molecule has 0 amide bonds. The van der Waals surface area contributed by atoms with Gasteiger partial charge in [-0.2, -0.15) is 0 Å². The molecule has 0 unspecified atom stereocenters. The molecule has 0 aliphatic heterocycles. The number of carbonyl (C=O) groups is 1. The maximum Gasteiger partial charge on any atom is 0.162 e. The first-order valence-corrected chi connectivity index (χ1v) is 4.14. The van der Waals surface area contributed by atoms with Gasteiger partial charge < -0.3 is 5.11 Å². The van der Waals surface area contributed by atoms with Crippen molar-refractivity contribution in [1.82, 2.24) is 0 Å². The third-order valence-corrected chi connectivity index (χ3v) is 2.24. The molecule has 1 N–H and O–H groups in total. The molecule has 12 heavy (non-hydrogen) atoms. The third-order valence-electron chi connectivity index (χ3n) is 2.24. The predicted molar refractivity (Wildman–Crippen MR) is 47.7 cm³/mol. The highest BCUT2D eigenvalue weighted by Crippen LogP contribution is 2.25. The van der Waals surface area contributed by atoms with E-state index in [-0.39, 0.29) is 18.3 Å². The Labute approximate surface area is 72.6 Å². The molecule has 0 spiro atoms. The molecule has 0 aromatic carbocycles. The van der Waals surface area contributed by atoms with E-state index in [0.717, 1.165) is 24.0 Å². The Hall–Kier alpha value is -0.890. The van der Waals surface area contributed by atoms with Gasteiger partial charge in [0.25, 0.3) is 0 Å². The molecular weight excluding hydrogens is 152 g/mol. The van der Waals surface area contributed by atoms with Gasteiger partial charge in [0, 0.05) is 5.92 Å². The smallest absolute Gasteiger partial charge is 0.162 e. The third kappa shape index (κ3) is 1.83. The average molecular weight is 166 g/mol. The molecule has 1 atom stereocenters. The fourth-order valence-corrected chi connectivity index (χ4v) is 1.46. The number of rotatable bonds is 2. The number of allylic oxidation sites excluding steroid dienone is 2. The van der Waals surface area contributed by atoms with Gasteiger partial charge in [-0.25, -0.2) is 0 Å². The summed E-state index contributed by atoms with van der Waals surface area (Å²) in [6.45, 7) is 5.65. The maximum atomic E-state index is 11.4. The molecule has 1 aliphatic carbocycles. The summed E-state index contributed by atoms with van der Waals surface area (Å²) < 4.78 is 0. The van der Waals surface area contributed by atoms with E-state index in [1.165, 1.54) is 0 Å². The van der Waals surface area contributed by atoms with E-state index in [2.05, 4.69) is 6.58 Å². The number of aliphatic hydroxyl groups is 1. The summed E-state index contributed by atoms with van der Waals surface area (Å²) in [5, 5.41) is 8.79. The minimum atomic E-state index is -0.0136. The minimum absolute atomic E-state index is 0.00858. The van der Waals surface area contributed by atoms with Crippen LogP contribution in [0.2, 0.25) is 0 Å². The predicted octanol–water partition coefficient (Wildman–Crippen LogP) is 1.46. The molecular formula is C10H14O2. The quantitative estimate of drug-likeness (QED) is 0.630. The fraction of sp³-hybridized carbons (Fsp3) is 0.500. The highest BCUT2D eigenvalue weighted by molar-refractivity contribution is 5.95. The van der Waals surface area contributed by atoms with Gasteiger partial charge in [0.2, 0.25) is 0 Å². The Bertz CT molecular complexity index is 238. The number of ketones is 1. The van der Waals surface area contributed by atoms with E-state index in [9.17, 15) is 4.79 Å². The van der Waals surface area contributed by atoms with Gasteiger partial charge in [-0.1, -0.05) is 12.2 Å². The molecule has 2 nitrogen and oxygen atoms in total. The van der Waals surface area contributed by atoms with Crippen molar-refractivity contribution >= 4 is 5.78 Å². The topological polar surface area (TPSA) is 37.3 Å². The zero-order valence-electron chi connectivity index (χ0n) is 7.34. The van der Waals surface area contributed by atoms with Gasteiger partial charge in [0.1, 0.15) is 0 Å². The van der Waals surface area contributed by atoms with Crippen LogP contribution >= 0.6 is 0 Å². The van der Waals surface area contributed by atoms with Gasteiger partial charge >= 0.3 is 0 Å². The van der Waals surface area contributed by atoms with E-state index < -0.39 is 0 Å². The van der Waals surface area contributed by atoms with Crippen molar-refractivity contribution in [3.05, 3.63) is 23.8 Å². The van der Waals surface area contributed by atoms with Crippen LogP contribution < -0.4 is 0 Å². The summed E-state index contributed by atoms with van der Waals surface area (Å²) in [7, 11) is 0. The second kappa shape index (κ2) is 3.68. The van der Waals surface area contributed by atoms with E-state index >= 15 is 0 Å². The number of carbonyl (C=O) groups excluding carboxylic acids is 1. The Morgan fingerprint density at radius 3 is 2.92 bits per heavy atom. The summed E-state index contributed by atoms with van der Waals surface area (Å²) in [5.74, 6) is 0.0816. The van der Waals surface area contributed by atoms with Crippen molar-refractivity contribution < 1.29 is 9.90 Å². The van der Waals surface area contributed by atoms with Crippen LogP contribution in [0.4, 0.5) is 0 Å². The summed E-state index contributed by atoms with van der Waals surface area (Å²) in [6.07, 6.45) is 3.18. The van der Waals surface area contributed by atoms with Crippen molar-refractivity contribution in [3.8, 4) is 0 Å². The first-order chi connectivity index (χ1) is 5.65. The zero-order valence-corrected chi connectivity index (χ0v) is 7.34. The van der Waals surface area contributed by atoms with Gasteiger partial charge in [0.05, 0.1) is 6.61 Å². The summed E-state index contributed by atoms with van der Waals surface area (Å²) in [4.78, 5) is 11.4. The van der Waals surface area contributed by atoms with E-state index in [1.54, 1.807) is 6.08 Å². The number of hydrogen-bond acceptors (Lipinski definition) is 2. The highest BCUT2D eigenvalue weighted by atomic mass is 16.3. The molecule has 0 aromatic rings. The van der Waals surface area contributed by atoms with Crippen molar-refractivity contribution in [1.29, 1.82) is 0 Å². The van der Waals surface area contributed by atoms with Crippen LogP contribution in [0.1, 0.15) is 19.8 Å². The monoisotopic (exact) mass is 166 g/mol. The molecule has 66 valence electrons. The molecule has 0 bridgehead atoms. The molecule has 1 rings (SSSR count). The van der Waals surface area contributed by atoms with Crippen molar-refractivity contribution in [2.45, 2.75) is 19.8 Å². The molecule has 0 aromatic heterocycles. The van der Waals surface area contributed by atoms with Crippen LogP contribution in [-0.2, 0) is 4.79 Å². The molecule has 1 aliphatic rings. The Balaban J connectivity index is 2.73. The van der Waals surface area contributed by atoms with Crippen LogP contribution in [0.25, 0.3) is 0 Å². The van der Waals surface area contributed by atoms with Crippen molar-refractivity contribution in [2.75, 3.05) is 6.61 Å². The zero-order chi connectivity index (χ0) is 9.14. The Morgan fingerprint density at radius 1 is 1.83 bits per heavy atom. The second-order valence-corrected chi connectivity index (χ2v) is 3.30. The normalized spacial score (nSPS) is 23.7. The maximum absolute atomic E-state index is 11.4. The Kier molecular flexibility index (Phi) is 2.82. The van der Waals surface area contributed by atoms with Crippen molar-refractivity contribution in [3.63, 3.8) is 0 Å². The summed E-state index contributed by atoms with van der Waals surface area (Å²) in [6, 6.07) is 0. The molecule has 0 fully saturated rings. The lowest BCUT2D eigenvalue weighted by molar-refractivity contribution is -0.117. The molecule has 2 heteroatoms. The van der Waals surface area contributed by atoms with Gasteiger partial charge in [0.15, 0.2) is 5.78 Å². The Morgan fingerprint density at radius 2 is 2.50 bits per heavy atom. The van der Waals surface area contributed by atoms with Crippen molar-refractivity contribution in [2.24, 2.45) is 5.92 Å². The molecule has 0 saturated heterocycles. The summed E-state index contributed by atoms with van der Waals surface area (Å²) in [5.41, 5.74) is 1.77. The molecule has 0 radical (unpaired) electrons. The minimum Gasteiger partial charge on any atom is -0.392 e. The number of hydrogen-bond donors (Lipinski definition) is 1. The lowest BCUT2D eigenvalue weighted by Gasteiger charge is -2.19. The number of aliphatic hydroxyl groups excluding tert-OH is 1. The SMILES string of the molecule is C=C(C)[C@H]1CCC(CO)=CC1=O. The fourth-order valence-electron chi connectivity index (χ4n) is 1.46. The average Bonchev–Trinajstić information content (AvgIpc) is 2.03. The first kappa shape index (κ1) is 9.20. The van der Waals surface area contributed by atoms with Crippen LogP contribution in [0, 0.1) is 5.92 Å². The largest absolute Gasteiger partial charge is 0.392 e. The molecule has 0 saturated carbocycles. The van der Waals surface area contributed by atoms with Gasteiger partial charge in [-0.3, -0.25) is 4.79 Å². The lowest BCUT2D eigenvalue weighted by Crippen LogP contribution is -2.19. The highest BCUT2D eigenvalue weighted by Gasteiger charge is 2.21. The van der Waals surface area contributed by atoms with Gasteiger partial charge in [-0.15, -0.1) is 0 Å². The van der Waals surface area contributed by atoms with E-state index in [0.29, 0.717) is 0 Å². The first-order valence-electron chi connectivity index (χ1n) is 4.14. The van der Waals surface area contributed by atoms with E-state index in [1.807, 2.05) is 6.92 Å².